The second kappa shape index (κ2) is 5.29. The van der Waals surface area contributed by atoms with E-state index < -0.39 is 34.2 Å². The van der Waals surface area contributed by atoms with Crippen LogP contribution in [0.15, 0.2) is 10.9 Å². The molecule has 0 saturated heterocycles. The number of pyridine rings is 1. The van der Waals surface area contributed by atoms with Crippen molar-refractivity contribution in [3.63, 3.8) is 0 Å². The average Bonchev–Trinajstić information content (AvgIpc) is 2.87. The molecule has 1 aromatic carbocycles. The molecule has 2 heterocycles. The van der Waals surface area contributed by atoms with Crippen LogP contribution in [0.3, 0.4) is 0 Å². The van der Waals surface area contributed by atoms with E-state index in [4.69, 9.17) is 4.74 Å². The third-order valence-corrected chi connectivity index (χ3v) is 3.86. The number of halogens is 3. The van der Waals surface area contributed by atoms with Gasteiger partial charge in [0.1, 0.15) is 11.1 Å². The van der Waals surface area contributed by atoms with E-state index in [1.54, 1.807) is 14.0 Å². The highest BCUT2D eigenvalue weighted by Gasteiger charge is 2.31. The molecule has 1 aliphatic rings. The maximum absolute atomic E-state index is 14.2. The van der Waals surface area contributed by atoms with Crippen molar-refractivity contribution in [2.45, 2.75) is 13.3 Å². The first kappa shape index (κ1) is 15.4. The molecule has 0 unspecified atom stereocenters. The molecular formula is C15H13F3N2O3. The second-order valence-corrected chi connectivity index (χ2v) is 5.20. The van der Waals surface area contributed by atoms with E-state index in [1.165, 1.54) is 9.69 Å². The predicted molar refractivity (Wildman–Crippen MR) is 76.8 cm³/mol. The summed E-state index contributed by atoms with van der Waals surface area (Å²) in [5.41, 5.74) is -1.28. The predicted octanol–water partition coefficient (Wildman–Crippen LogP) is 1.72. The molecule has 0 radical (unpaired) electrons. The molecule has 0 spiro atoms. The van der Waals surface area contributed by atoms with Gasteiger partial charge in [-0.25, -0.2) is 18.0 Å². The van der Waals surface area contributed by atoms with E-state index in [-0.39, 0.29) is 29.8 Å². The van der Waals surface area contributed by atoms with Gasteiger partial charge in [0.15, 0.2) is 17.5 Å². The van der Waals surface area contributed by atoms with Crippen molar-refractivity contribution in [2.75, 3.05) is 25.2 Å². The molecule has 0 N–H and O–H groups in total. The summed E-state index contributed by atoms with van der Waals surface area (Å²) in [6.07, 6.45) is 0.286. The van der Waals surface area contributed by atoms with Gasteiger partial charge in [0.05, 0.1) is 17.7 Å². The Balaban J connectivity index is 2.50. The van der Waals surface area contributed by atoms with Crippen molar-refractivity contribution in [1.82, 2.24) is 4.68 Å². The maximum Gasteiger partial charge on any atom is 0.344 e. The number of carbonyl (C=O) groups excluding carboxylic acids is 1. The molecule has 122 valence electrons. The van der Waals surface area contributed by atoms with Crippen molar-refractivity contribution >= 4 is 16.9 Å². The number of likely N-dealkylation sites (N-methyl/N-ethyl adjacent to an activating group) is 1. The van der Waals surface area contributed by atoms with E-state index in [1.807, 2.05) is 0 Å². The number of fused-ring (bicyclic) bond motifs is 3. The van der Waals surface area contributed by atoms with Crippen molar-refractivity contribution < 1.29 is 22.7 Å². The fourth-order valence-electron chi connectivity index (χ4n) is 2.86. The molecule has 0 atom stereocenters. The second-order valence-electron chi connectivity index (χ2n) is 5.20. The third-order valence-electron chi connectivity index (χ3n) is 3.86. The molecule has 0 amide bonds. The number of carbonyl (C=O) groups is 1. The minimum absolute atomic E-state index is 0.0533. The number of hydrogen-bond acceptors (Lipinski definition) is 4. The van der Waals surface area contributed by atoms with Crippen molar-refractivity contribution in [1.29, 1.82) is 0 Å². The van der Waals surface area contributed by atoms with Gasteiger partial charge in [-0.1, -0.05) is 0 Å². The topological polar surface area (TPSA) is 51.5 Å². The van der Waals surface area contributed by atoms with E-state index in [0.717, 1.165) is 0 Å². The Morgan fingerprint density at radius 2 is 2.00 bits per heavy atom. The van der Waals surface area contributed by atoms with Crippen LogP contribution in [0.4, 0.5) is 13.2 Å². The Bertz CT molecular complexity index is 892. The van der Waals surface area contributed by atoms with Crippen LogP contribution in [0.1, 0.15) is 23.0 Å². The smallest absolute Gasteiger partial charge is 0.344 e. The summed E-state index contributed by atoms with van der Waals surface area (Å²) in [5, 5.41) is 1.13. The first-order chi connectivity index (χ1) is 10.9. The lowest BCUT2D eigenvalue weighted by Gasteiger charge is -2.20. The van der Waals surface area contributed by atoms with Crippen LogP contribution < -0.4 is 10.4 Å². The quantitative estimate of drug-likeness (QED) is 0.623. The molecule has 23 heavy (non-hydrogen) atoms. The number of ether oxygens (including phenoxy) is 1. The van der Waals surface area contributed by atoms with Gasteiger partial charge < -0.3 is 9.75 Å². The van der Waals surface area contributed by atoms with Crippen LogP contribution >= 0.6 is 0 Å². The zero-order valence-corrected chi connectivity index (χ0v) is 12.5. The molecule has 0 bridgehead atoms. The van der Waals surface area contributed by atoms with Crippen LogP contribution in [0.25, 0.3) is 10.9 Å². The van der Waals surface area contributed by atoms with Gasteiger partial charge in [-0.3, -0.25) is 9.47 Å². The highest BCUT2D eigenvalue weighted by Crippen LogP contribution is 2.27. The molecule has 8 heteroatoms. The zero-order valence-electron chi connectivity index (χ0n) is 12.5. The van der Waals surface area contributed by atoms with Crippen LogP contribution in [0.5, 0.6) is 0 Å². The molecule has 0 aliphatic carbocycles. The summed E-state index contributed by atoms with van der Waals surface area (Å²) in [7, 11) is 1.59. The molecule has 1 aliphatic heterocycles. The average molecular weight is 326 g/mol. The van der Waals surface area contributed by atoms with E-state index in [0.29, 0.717) is 12.6 Å². The summed E-state index contributed by atoms with van der Waals surface area (Å²) >= 11 is 0. The molecule has 0 saturated carbocycles. The number of rotatable bonds is 2. The molecule has 2 aromatic rings. The number of hydrogen-bond donors (Lipinski definition) is 0. The van der Waals surface area contributed by atoms with Gasteiger partial charge in [-0.15, -0.1) is 0 Å². The van der Waals surface area contributed by atoms with Gasteiger partial charge in [0.2, 0.25) is 5.43 Å². The van der Waals surface area contributed by atoms with Crippen molar-refractivity contribution in [2.24, 2.45) is 0 Å². The van der Waals surface area contributed by atoms with E-state index >= 15 is 0 Å². The lowest BCUT2D eigenvalue weighted by Crippen LogP contribution is -2.31. The Kier molecular flexibility index (Phi) is 3.54. The van der Waals surface area contributed by atoms with Crippen LogP contribution in [0.2, 0.25) is 0 Å². The Morgan fingerprint density at radius 1 is 1.30 bits per heavy atom. The fraction of sp³-hybridized carbons (Fsp3) is 0.333. The molecule has 0 fully saturated rings. The van der Waals surface area contributed by atoms with Crippen LogP contribution in [0, 0.1) is 17.5 Å². The fourth-order valence-corrected chi connectivity index (χ4v) is 2.86. The molecule has 5 nitrogen and oxygen atoms in total. The highest BCUT2D eigenvalue weighted by molar-refractivity contribution is 5.96. The molecular weight excluding hydrogens is 313 g/mol. The van der Waals surface area contributed by atoms with Gasteiger partial charge in [0, 0.05) is 20.0 Å². The minimum atomic E-state index is -1.66. The molecule has 1 aromatic heterocycles. The minimum Gasteiger partial charge on any atom is -0.462 e. The van der Waals surface area contributed by atoms with Crippen molar-refractivity contribution in [3.05, 3.63) is 45.0 Å². The highest BCUT2D eigenvalue weighted by atomic mass is 19.2. The number of aromatic nitrogens is 1. The van der Waals surface area contributed by atoms with Crippen LogP contribution in [-0.2, 0) is 11.2 Å². The summed E-state index contributed by atoms with van der Waals surface area (Å²) in [6.45, 7) is 2.03. The standard InChI is InChI=1S/C15H13F3N2O3/c1-3-23-15(22)10-9-4-5-19(2)20(9)13-7(14(10)21)6-8(16)11(17)12(13)18/h6H,3-5H2,1-2H3. The summed E-state index contributed by atoms with van der Waals surface area (Å²) in [6, 6.07) is 0.609. The summed E-state index contributed by atoms with van der Waals surface area (Å²) in [5.74, 6) is -5.45. The first-order valence-electron chi connectivity index (χ1n) is 7.02. The first-order valence-corrected chi connectivity index (χ1v) is 7.02. The van der Waals surface area contributed by atoms with E-state index in [9.17, 15) is 22.8 Å². The van der Waals surface area contributed by atoms with E-state index in [2.05, 4.69) is 0 Å². The summed E-state index contributed by atoms with van der Waals surface area (Å²) < 4.78 is 47.5. The van der Waals surface area contributed by atoms with Gasteiger partial charge >= 0.3 is 5.97 Å². The Labute approximate surface area is 128 Å². The van der Waals surface area contributed by atoms with Crippen molar-refractivity contribution in [3.8, 4) is 0 Å². The van der Waals surface area contributed by atoms with Gasteiger partial charge in [-0.05, 0) is 13.0 Å². The number of benzene rings is 1. The maximum atomic E-state index is 14.2. The lowest BCUT2D eigenvalue weighted by molar-refractivity contribution is 0.0523. The van der Waals surface area contributed by atoms with Crippen LogP contribution in [-0.4, -0.2) is 30.8 Å². The van der Waals surface area contributed by atoms with Gasteiger partial charge in [0.25, 0.3) is 0 Å². The monoisotopic (exact) mass is 326 g/mol. The largest absolute Gasteiger partial charge is 0.462 e. The molecule has 3 rings (SSSR count). The van der Waals surface area contributed by atoms with Gasteiger partial charge in [-0.2, -0.15) is 0 Å². The number of esters is 1. The SMILES string of the molecule is CCOC(=O)c1c2n(c3c(F)c(F)c(F)cc3c1=O)N(C)CC2. The Morgan fingerprint density at radius 3 is 2.65 bits per heavy atom. The normalized spacial score (nSPS) is 13.5. The number of nitrogens with zero attached hydrogens (tertiary/aromatic N) is 2. The zero-order chi connectivity index (χ0) is 16.9. The Hall–Kier alpha value is -2.51. The summed E-state index contributed by atoms with van der Waals surface area (Å²) in [4.78, 5) is 24.6. The third kappa shape index (κ3) is 2.08. The lowest BCUT2D eigenvalue weighted by atomic mass is 10.1.